The van der Waals surface area contributed by atoms with E-state index in [2.05, 4.69) is 21.2 Å². The van der Waals surface area contributed by atoms with Crippen LogP contribution in [-0.4, -0.2) is 25.0 Å². The molecule has 1 aliphatic rings. The SMILES string of the molecule is O=C(COc1ccc(Cl)cc1Br)Nc1ccc(N2CCCC2=O)cc1. The van der Waals surface area contributed by atoms with E-state index in [1.807, 2.05) is 12.1 Å². The smallest absolute Gasteiger partial charge is 0.262 e. The highest BCUT2D eigenvalue weighted by Gasteiger charge is 2.21. The Morgan fingerprint density at radius 2 is 2.00 bits per heavy atom. The van der Waals surface area contributed by atoms with Gasteiger partial charge in [0.1, 0.15) is 5.75 Å². The van der Waals surface area contributed by atoms with Gasteiger partial charge in [0.25, 0.3) is 5.91 Å². The Balaban J connectivity index is 1.55. The Hall–Kier alpha value is -2.05. The summed E-state index contributed by atoms with van der Waals surface area (Å²) in [6.07, 6.45) is 1.48. The van der Waals surface area contributed by atoms with Crippen LogP contribution >= 0.6 is 27.5 Å². The summed E-state index contributed by atoms with van der Waals surface area (Å²) >= 11 is 9.20. The fourth-order valence-corrected chi connectivity index (χ4v) is 3.38. The molecule has 1 aliphatic heterocycles. The van der Waals surface area contributed by atoms with Gasteiger partial charge in [0.05, 0.1) is 4.47 Å². The minimum absolute atomic E-state index is 0.118. The third kappa shape index (κ3) is 4.52. The number of nitrogens with zero attached hydrogens (tertiary/aromatic N) is 1. The van der Waals surface area contributed by atoms with Crippen LogP contribution in [0.3, 0.4) is 0 Å². The predicted molar refractivity (Wildman–Crippen MR) is 101 cm³/mol. The molecule has 0 aliphatic carbocycles. The zero-order valence-electron chi connectivity index (χ0n) is 13.3. The summed E-state index contributed by atoms with van der Waals surface area (Å²) in [5, 5.41) is 3.35. The molecule has 7 heteroatoms. The van der Waals surface area contributed by atoms with Crippen LogP contribution in [0.1, 0.15) is 12.8 Å². The number of benzene rings is 2. The van der Waals surface area contributed by atoms with Gasteiger partial charge in [0.15, 0.2) is 6.61 Å². The largest absolute Gasteiger partial charge is 0.483 e. The first-order valence-electron chi connectivity index (χ1n) is 7.81. The molecule has 0 spiro atoms. The Bertz CT molecular complexity index is 795. The van der Waals surface area contributed by atoms with E-state index in [9.17, 15) is 9.59 Å². The van der Waals surface area contributed by atoms with Crippen LogP contribution in [0.15, 0.2) is 46.9 Å². The van der Waals surface area contributed by atoms with Crippen molar-refractivity contribution in [3.63, 3.8) is 0 Å². The molecule has 1 fully saturated rings. The average Bonchev–Trinajstić information content (AvgIpc) is 3.01. The van der Waals surface area contributed by atoms with Crippen LogP contribution in [0.5, 0.6) is 5.75 Å². The molecule has 5 nitrogen and oxygen atoms in total. The third-order valence-electron chi connectivity index (χ3n) is 3.79. The lowest BCUT2D eigenvalue weighted by Crippen LogP contribution is -2.23. The van der Waals surface area contributed by atoms with Crippen LogP contribution in [0.4, 0.5) is 11.4 Å². The molecule has 2 aromatic rings. The molecule has 0 unspecified atom stereocenters. The average molecular weight is 424 g/mol. The third-order valence-corrected chi connectivity index (χ3v) is 4.64. The van der Waals surface area contributed by atoms with Crippen LogP contribution in [0.25, 0.3) is 0 Å². The van der Waals surface area contributed by atoms with Crippen molar-refractivity contribution in [3.05, 3.63) is 52.0 Å². The molecule has 25 heavy (non-hydrogen) atoms. The van der Waals surface area contributed by atoms with Crippen LogP contribution in [-0.2, 0) is 9.59 Å². The quantitative estimate of drug-likeness (QED) is 0.782. The van der Waals surface area contributed by atoms with Crippen molar-refractivity contribution in [1.82, 2.24) is 0 Å². The lowest BCUT2D eigenvalue weighted by molar-refractivity contribution is -0.118. The number of ether oxygens (including phenoxy) is 1. The number of hydrogen-bond acceptors (Lipinski definition) is 3. The Morgan fingerprint density at radius 1 is 1.24 bits per heavy atom. The highest BCUT2D eigenvalue weighted by molar-refractivity contribution is 9.10. The van der Waals surface area contributed by atoms with Gasteiger partial charge < -0.3 is 15.0 Å². The summed E-state index contributed by atoms with van der Waals surface area (Å²) in [7, 11) is 0. The van der Waals surface area contributed by atoms with E-state index < -0.39 is 0 Å². The fraction of sp³-hybridized carbons (Fsp3) is 0.222. The molecule has 2 amide bonds. The number of anilines is 2. The minimum atomic E-state index is -0.271. The van der Waals surface area contributed by atoms with Gasteiger partial charge in [-0.1, -0.05) is 11.6 Å². The molecule has 0 atom stereocenters. The van der Waals surface area contributed by atoms with E-state index in [1.54, 1.807) is 35.2 Å². The van der Waals surface area contributed by atoms with Crippen molar-refractivity contribution in [1.29, 1.82) is 0 Å². The predicted octanol–water partition coefficient (Wildman–Crippen LogP) is 4.25. The van der Waals surface area contributed by atoms with Crippen LogP contribution in [0.2, 0.25) is 5.02 Å². The highest BCUT2D eigenvalue weighted by atomic mass is 79.9. The van der Waals surface area contributed by atoms with Crippen LogP contribution < -0.4 is 15.0 Å². The second kappa shape index (κ2) is 7.89. The van der Waals surface area contributed by atoms with Gasteiger partial charge in [-0.15, -0.1) is 0 Å². The summed E-state index contributed by atoms with van der Waals surface area (Å²) < 4.78 is 6.16. The van der Waals surface area contributed by atoms with E-state index >= 15 is 0 Å². The van der Waals surface area contributed by atoms with E-state index in [-0.39, 0.29) is 18.4 Å². The molecular weight excluding hydrogens is 408 g/mol. The first-order valence-corrected chi connectivity index (χ1v) is 8.98. The maximum absolute atomic E-state index is 12.0. The number of hydrogen-bond donors (Lipinski definition) is 1. The van der Waals surface area contributed by atoms with Crippen molar-refractivity contribution in [2.75, 3.05) is 23.4 Å². The number of amides is 2. The van der Waals surface area contributed by atoms with Crippen LogP contribution in [0, 0.1) is 0 Å². The van der Waals surface area contributed by atoms with Gasteiger partial charge in [-0.2, -0.15) is 0 Å². The standard InChI is InChI=1S/C18H16BrClN2O3/c19-15-10-12(20)3-8-16(15)25-11-17(23)21-13-4-6-14(7-5-13)22-9-1-2-18(22)24/h3-8,10H,1-2,9,11H2,(H,21,23). The molecule has 0 radical (unpaired) electrons. The van der Waals surface area contributed by atoms with Crippen molar-refractivity contribution in [2.24, 2.45) is 0 Å². The number of carbonyl (C=O) groups excluding carboxylic acids is 2. The van der Waals surface area contributed by atoms with Gasteiger partial charge in [0, 0.05) is 29.4 Å². The van der Waals surface area contributed by atoms with E-state index in [1.165, 1.54) is 0 Å². The normalized spacial score (nSPS) is 13.8. The molecule has 0 saturated carbocycles. The lowest BCUT2D eigenvalue weighted by atomic mass is 10.2. The molecule has 1 heterocycles. The maximum Gasteiger partial charge on any atom is 0.262 e. The van der Waals surface area contributed by atoms with E-state index in [4.69, 9.17) is 16.3 Å². The summed E-state index contributed by atoms with van der Waals surface area (Å²) in [5.41, 5.74) is 1.50. The molecule has 0 aromatic heterocycles. The topological polar surface area (TPSA) is 58.6 Å². The molecule has 130 valence electrons. The van der Waals surface area contributed by atoms with Crippen molar-refractivity contribution in [2.45, 2.75) is 12.8 Å². The lowest BCUT2D eigenvalue weighted by Gasteiger charge is -2.16. The van der Waals surface area contributed by atoms with Gasteiger partial charge in [-0.25, -0.2) is 0 Å². The van der Waals surface area contributed by atoms with Gasteiger partial charge in [0.2, 0.25) is 5.91 Å². The van der Waals surface area contributed by atoms with Crippen molar-refractivity contribution in [3.8, 4) is 5.75 Å². The zero-order valence-corrected chi connectivity index (χ0v) is 15.6. The molecule has 2 aromatic carbocycles. The number of carbonyl (C=O) groups is 2. The zero-order chi connectivity index (χ0) is 17.8. The summed E-state index contributed by atoms with van der Waals surface area (Å²) in [5.74, 6) is 0.410. The van der Waals surface area contributed by atoms with Gasteiger partial charge >= 0.3 is 0 Å². The monoisotopic (exact) mass is 422 g/mol. The first-order chi connectivity index (χ1) is 12.0. The van der Waals surface area contributed by atoms with Gasteiger partial charge in [-0.05, 0) is 64.8 Å². The molecule has 1 saturated heterocycles. The molecule has 1 N–H and O–H groups in total. The van der Waals surface area contributed by atoms with Crippen molar-refractivity contribution >= 4 is 50.7 Å². The minimum Gasteiger partial charge on any atom is -0.483 e. The summed E-state index contributed by atoms with van der Waals surface area (Å²) in [6.45, 7) is 0.626. The fourth-order valence-electron chi connectivity index (χ4n) is 2.58. The highest BCUT2D eigenvalue weighted by Crippen LogP contribution is 2.28. The second-order valence-corrected chi connectivity index (χ2v) is 6.90. The summed E-state index contributed by atoms with van der Waals surface area (Å²) in [6, 6.07) is 12.3. The molecule has 3 rings (SSSR count). The molecular formula is C18H16BrClN2O3. The summed E-state index contributed by atoms with van der Waals surface area (Å²) in [4.78, 5) is 25.5. The molecule has 0 bridgehead atoms. The maximum atomic E-state index is 12.0. The van der Waals surface area contributed by atoms with E-state index in [0.29, 0.717) is 27.4 Å². The van der Waals surface area contributed by atoms with Crippen molar-refractivity contribution < 1.29 is 14.3 Å². The number of nitrogens with one attached hydrogen (secondary N) is 1. The van der Waals surface area contributed by atoms with Gasteiger partial charge in [-0.3, -0.25) is 9.59 Å². The Morgan fingerprint density at radius 3 is 2.64 bits per heavy atom. The Labute approximate surface area is 159 Å². The number of rotatable bonds is 5. The van der Waals surface area contributed by atoms with E-state index in [0.717, 1.165) is 18.7 Å². The Kier molecular flexibility index (Phi) is 5.60. The second-order valence-electron chi connectivity index (χ2n) is 5.61. The number of halogens is 2. The first kappa shape index (κ1) is 17.8.